The van der Waals surface area contributed by atoms with E-state index in [1.54, 1.807) is 0 Å². The van der Waals surface area contributed by atoms with Crippen molar-refractivity contribution in [2.45, 2.75) is 33.7 Å². The summed E-state index contributed by atoms with van der Waals surface area (Å²) in [5.41, 5.74) is 3.00. The van der Waals surface area contributed by atoms with Crippen LogP contribution >= 0.6 is 0 Å². The second-order valence-corrected chi connectivity index (χ2v) is 4.32. The summed E-state index contributed by atoms with van der Waals surface area (Å²) in [7, 11) is 0. The minimum atomic E-state index is 0.547. The van der Waals surface area contributed by atoms with Gasteiger partial charge in [0.1, 0.15) is 12.4 Å². The summed E-state index contributed by atoms with van der Waals surface area (Å²) in [6, 6.07) is 3.95. The van der Waals surface area contributed by atoms with Crippen LogP contribution in [0, 0.1) is 6.92 Å². The van der Waals surface area contributed by atoms with Crippen molar-refractivity contribution in [1.82, 2.24) is 10.3 Å². The van der Waals surface area contributed by atoms with Crippen LogP contribution in [0.4, 0.5) is 0 Å². The number of pyridine rings is 1. The minimum Gasteiger partial charge on any atom is -0.487 e. The SMILES string of the molecule is C=C(C)COc1ccc(C)nc1CNCCC. The molecule has 0 aliphatic heterocycles. The summed E-state index contributed by atoms with van der Waals surface area (Å²) in [6.45, 7) is 12.2. The second-order valence-electron chi connectivity index (χ2n) is 4.32. The van der Waals surface area contributed by atoms with Crippen molar-refractivity contribution in [3.63, 3.8) is 0 Å². The highest BCUT2D eigenvalue weighted by molar-refractivity contribution is 5.29. The van der Waals surface area contributed by atoms with Gasteiger partial charge in [-0.15, -0.1) is 0 Å². The van der Waals surface area contributed by atoms with Gasteiger partial charge in [-0.05, 0) is 44.5 Å². The van der Waals surface area contributed by atoms with E-state index >= 15 is 0 Å². The summed E-state index contributed by atoms with van der Waals surface area (Å²) < 4.78 is 5.68. The van der Waals surface area contributed by atoms with Crippen LogP contribution in [0.2, 0.25) is 0 Å². The third-order valence-electron chi connectivity index (χ3n) is 2.26. The zero-order chi connectivity index (χ0) is 12.7. The van der Waals surface area contributed by atoms with Gasteiger partial charge in [0, 0.05) is 12.2 Å². The topological polar surface area (TPSA) is 34.1 Å². The van der Waals surface area contributed by atoms with Gasteiger partial charge in [-0.2, -0.15) is 0 Å². The number of hydrogen-bond acceptors (Lipinski definition) is 3. The first-order valence-corrected chi connectivity index (χ1v) is 6.08. The molecule has 3 heteroatoms. The van der Waals surface area contributed by atoms with Crippen molar-refractivity contribution in [3.8, 4) is 5.75 Å². The van der Waals surface area contributed by atoms with E-state index in [4.69, 9.17) is 4.74 Å². The van der Waals surface area contributed by atoms with Crippen LogP contribution in [0.25, 0.3) is 0 Å². The fourth-order valence-corrected chi connectivity index (χ4v) is 1.44. The molecule has 0 spiro atoms. The Kier molecular flexibility index (Phi) is 5.70. The van der Waals surface area contributed by atoms with E-state index in [2.05, 4.69) is 23.8 Å². The van der Waals surface area contributed by atoms with Crippen LogP contribution in [0.5, 0.6) is 5.75 Å². The quantitative estimate of drug-likeness (QED) is 0.582. The molecule has 0 atom stereocenters. The van der Waals surface area contributed by atoms with E-state index in [-0.39, 0.29) is 0 Å². The van der Waals surface area contributed by atoms with Crippen LogP contribution in [0.15, 0.2) is 24.3 Å². The third-order valence-corrected chi connectivity index (χ3v) is 2.26. The Labute approximate surface area is 104 Å². The van der Waals surface area contributed by atoms with Crippen LogP contribution in [-0.4, -0.2) is 18.1 Å². The van der Waals surface area contributed by atoms with Crippen molar-refractivity contribution in [1.29, 1.82) is 0 Å². The molecule has 0 bridgehead atoms. The van der Waals surface area contributed by atoms with E-state index in [9.17, 15) is 0 Å². The Morgan fingerprint density at radius 2 is 2.24 bits per heavy atom. The number of aromatic nitrogens is 1. The predicted octanol–water partition coefficient (Wildman–Crippen LogP) is 2.84. The van der Waals surface area contributed by atoms with E-state index in [1.165, 1.54) is 0 Å². The van der Waals surface area contributed by atoms with Crippen molar-refractivity contribution in [3.05, 3.63) is 35.7 Å². The zero-order valence-corrected chi connectivity index (χ0v) is 11.0. The number of hydrogen-bond donors (Lipinski definition) is 1. The van der Waals surface area contributed by atoms with Gasteiger partial charge >= 0.3 is 0 Å². The molecule has 1 N–H and O–H groups in total. The first-order valence-electron chi connectivity index (χ1n) is 6.08. The molecule has 0 unspecified atom stereocenters. The van der Waals surface area contributed by atoms with Crippen LogP contribution in [-0.2, 0) is 6.54 Å². The van der Waals surface area contributed by atoms with Crippen LogP contribution in [0.1, 0.15) is 31.7 Å². The Balaban J connectivity index is 2.69. The standard InChI is InChI=1S/C14H22N2O/c1-5-8-15-9-13-14(17-10-11(2)3)7-6-12(4)16-13/h6-7,15H,2,5,8-10H2,1,3-4H3. The monoisotopic (exact) mass is 234 g/mol. The lowest BCUT2D eigenvalue weighted by Gasteiger charge is -2.12. The van der Waals surface area contributed by atoms with Crippen molar-refractivity contribution in [2.24, 2.45) is 0 Å². The lowest BCUT2D eigenvalue weighted by atomic mass is 10.2. The maximum Gasteiger partial charge on any atom is 0.142 e. The number of rotatable bonds is 7. The highest BCUT2D eigenvalue weighted by Gasteiger charge is 2.05. The second kappa shape index (κ2) is 7.07. The van der Waals surface area contributed by atoms with E-state index in [0.29, 0.717) is 6.61 Å². The van der Waals surface area contributed by atoms with Crippen LogP contribution in [0.3, 0.4) is 0 Å². The first kappa shape index (κ1) is 13.7. The highest BCUT2D eigenvalue weighted by Crippen LogP contribution is 2.17. The molecule has 0 radical (unpaired) electrons. The molecule has 0 aliphatic rings. The molecule has 1 aromatic heterocycles. The Hall–Kier alpha value is -1.35. The maximum atomic E-state index is 5.68. The molecule has 3 nitrogen and oxygen atoms in total. The molecular formula is C14H22N2O. The molecule has 0 amide bonds. The lowest BCUT2D eigenvalue weighted by molar-refractivity contribution is 0.345. The van der Waals surface area contributed by atoms with Gasteiger partial charge < -0.3 is 10.1 Å². The summed E-state index contributed by atoms with van der Waals surface area (Å²) in [5.74, 6) is 0.849. The van der Waals surface area contributed by atoms with Gasteiger partial charge in [0.2, 0.25) is 0 Å². The predicted molar refractivity (Wildman–Crippen MR) is 71.3 cm³/mol. The summed E-state index contributed by atoms with van der Waals surface area (Å²) in [5, 5.41) is 3.34. The van der Waals surface area contributed by atoms with Gasteiger partial charge in [-0.3, -0.25) is 4.98 Å². The Bertz CT molecular complexity index is 374. The smallest absolute Gasteiger partial charge is 0.142 e. The van der Waals surface area contributed by atoms with Gasteiger partial charge in [0.05, 0.1) is 5.69 Å². The molecular weight excluding hydrogens is 212 g/mol. The third kappa shape index (κ3) is 5.00. The van der Waals surface area contributed by atoms with Crippen molar-refractivity contribution < 1.29 is 4.74 Å². The summed E-state index contributed by atoms with van der Waals surface area (Å²) >= 11 is 0. The van der Waals surface area contributed by atoms with Gasteiger partial charge in [0.25, 0.3) is 0 Å². The number of ether oxygens (including phenoxy) is 1. The lowest BCUT2D eigenvalue weighted by Crippen LogP contribution is -2.16. The number of nitrogens with zero attached hydrogens (tertiary/aromatic N) is 1. The molecule has 94 valence electrons. The Morgan fingerprint density at radius 3 is 2.88 bits per heavy atom. The maximum absolute atomic E-state index is 5.68. The summed E-state index contributed by atoms with van der Waals surface area (Å²) in [6.07, 6.45) is 1.12. The molecule has 1 rings (SSSR count). The fourth-order valence-electron chi connectivity index (χ4n) is 1.44. The Morgan fingerprint density at radius 1 is 1.47 bits per heavy atom. The molecule has 1 heterocycles. The van der Waals surface area contributed by atoms with E-state index in [0.717, 1.165) is 42.2 Å². The molecule has 0 aromatic carbocycles. The summed E-state index contributed by atoms with van der Waals surface area (Å²) in [4.78, 5) is 4.51. The highest BCUT2D eigenvalue weighted by atomic mass is 16.5. The normalized spacial score (nSPS) is 10.3. The van der Waals surface area contributed by atoms with E-state index < -0.39 is 0 Å². The number of aryl methyl sites for hydroxylation is 1. The molecule has 0 saturated carbocycles. The van der Waals surface area contributed by atoms with Crippen molar-refractivity contribution >= 4 is 0 Å². The van der Waals surface area contributed by atoms with Crippen LogP contribution < -0.4 is 10.1 Å². The zero-order valence-electron chi connectivity index (χ0n) is 11.0. The minimum absolute atomic E-state index is 0.547. The molecule has 0 aliphatic carbocycles. The average molecular weight is 234 g/mol. The van der Waals surface area contributed by atoms with Gasteiger partial charge in [0.15, 0.2) is 0 Å². The molecule has 1 aromatic rings. The first-order chi connectivity index (χ1) is 8.13. The van der Waals surface area contributed by atoms with Crippen molar-refractivity contribution in [2.75, 3.05) is 13.2 Å². The molecule has 0 fully saturated rings. The molecule has 0 saturated heterocycles. The molecule has 17 heavy (non-hydrogen) atoms. The average Bonchev–Trinajstić information content (AvgIpc) is 2.28. The largest absolute Gasteiger partial charge is 0.487 e. The van der Waals surface area contributed by atoms with Gasteiger partial charge in [-0.25, -0.2) is 0 Å². The van der Waals surface area contributed by atoms with E-state index in [1.807, 2.05) is 26.0 Å². The fraction of sp³-hybridized carbons (Fsp3) is 0.500. The van der Waals surface area contributed by atoms with Gasteiger partial charge in [-0.1, -0.05) is 13.5 Å². The number of nitrogens with one attached hydrogen (secondary N) is 1.